The molecule has 1 saturated carbocycles. The minimum absolute atomic E-state index is 0.0747. The Labute approximate surface area is 84.3 Å². The second-order valence-corrected chi connectivity index (χ2v) is 5.55. The Bertz CT molecular complexity index is 309. The first-order chi connectivity index (χ1) is 6.55. The van der Waals surface area contributed by atoms with Gasteiger partial charge in [-0.05, 0) is 12.8 Å². The Kier molecular flexibility index (Phi) is 2.10. The van der Waals surface area contributed by atoms with Gasteiger partial charge in [-0.3, -0.25) is 13.9 Å². The van der Waals surface area contributed by atoms with E-state index in [1.54, 1.807) is 6.26 Å². The van der Waals surface area contributed by atoms with Crippen molar-refractivity contribution in [3.63, 3.8) is 0 Å². The molecule has 78 valence electrons. The number of urea groups is 1. The lowest BCUT2D eigenvalue weighted by Crippen LogP contribution is -2.40. The number of hydrogen-bond acceptors (Lipinski definition) is 3. The first-order valence-corrected chi connectivity index (χ1v) is 6.03. The lowest BCUT2D eigenvalue weighted by molar-refractivity contribution is -0.125. The minimum Gasteiger partial charge on any atom is -0.329 e. The van der Waals surface area contributed by atoms with Gasteiger partial charge in [0.2, 0.25) is 5.91 Å². The summed E-state index contributed by atoms with van der Waals surface area (Å²) in [7, 11) is -0.965. The van der Waals surface area contributed by atoms with Gasteiger partial charge in [0, 0.05) is 23.6 Å². The first kappa shape index (κ1) is 9.64. The topological polar surface area (TPSA) is 66.5 Å². The molecule has 2 fully saturated rings. The van der Waals surface area contributed by atoms with Crippen LogP contribution in [0.4, 0.5) is 4.79 Å². The van der Waals surface area contributed by atoms with Crippen molar-refractivity contribution in [3.05, 3.63) is 0 Å². The number of imide groups is 1. The maximum atomic E-state index is 11.4. The number of nitrogens with one attached hydrogen (secondary N) is 1. The van der Waals surface area contributed by atoms with Crippen LogP contribution < -0.4 is 5.32 Å². The van der Waals surface area contributed by atoms with Crippen LogP contribution in [0.5, 0.6) is 0 Å². The van der Waals surface area contributed by atoms with Crippen LogP contribution in [0.3, 0.4) is 0 Å². The van der Waals surface area contributed by atoms with Crippen LogP contribution >= 0.6 is 0 Å². The maximum Gasteiger partial charge on any atom is 0.324 e. The molecule has 1 aliphatic carbocycles. The maximum absolute atomic E-state index is 11.4. The number of nitrogens with zero attached hydrogens (tertiary/aromatic N) is 1. The molecule has 5 nitrogen and oxygen atoms in total. The summed E-state index contributed by atoms with van der Waals surface area (Å²) in [6.45, 7) is 0.381. The molecule has 0 radical (unpaired) electrons. The van der Waals surface area contributed by atoms with Crippen LogP contribution in [-0.4, -0.2) is 45.1 Å². The predicted octanol–water partition coefficient (Wildman–Crippen LogP) is -0.551. The molecule has 0 aromatic heterocycles. The van der Waals surface area contributed by atoms with E-state index in [0.717, 1.165) is 12.8 Å². The summed E-state index contributed by atoms with van der Waals surface area (Å²) in [5.74, 6) is -0.216. The standard InChI is InChI=1S/C8H12N2O3S/c1-14(13)8(2-3-8)5-10-6(11)4-9-7(10)12/h2-5H2,1H3,(H,9,12). The van der Waals surface area contributed by atoms with E-state index in [-0.39, 0.29) is 23.2 Å². The van der Waals surface area contributed by atoms with Gasteiger partial charge in [0.1, 0.15) is 0 Å². The van der Waals surface area contributed by atoms with E-state index in [0.29, 0.717) is 6.54 Å². The van der Waals surface area contributed by atoms with Crippen LogP contribution in [0.25, 0.3) is 0 Å². The highest BCUT2D eigenvalue weighted by Gasteiger charge is 2.50. The molecule has 1 saturated heterocycles. The highest BCUT2D eigenvalue weighted by molar-refractivity contribution is 7.86. The number of amides is 3. The molecule has 2 aliphatic rings. The smallest absolute Gasteiger partial charge is 0.324 e. The molecule has 0 aromatic rings. The van der Waals surface area contributed by atoms with Crippen molar-refractivity contribution in [2.75, 3.05) is 19.3 Å². The van der Waals surface area contributed by atoms with Gasteiger partial charge in [-0.25, -0.2) is 4.79 Å². The summed E-state index contributed by atoms with van der Waals surface area (Å²) < 4.78 is 11.1. The van der Waals surface area contributed by atoms with Gasteiger partial charge >= 0.3 is 6.03 Å². The van der Waals surface area contributed by atoms with Gasteiger partial charge < -0.3 is 5.32 Å². The fraction of sp³-hybridized carbons (Fsp3) is 0.750. The third kappa shape index (κ3) is 1.43. The molecule has 1 aliphatic heterocycles. The third-order valence-corrected chi connectivity index (χ3v) is 4.56. The Morgan fingerprint density at radius 3 is 2.50 bits per heavy atom. The molecule has 3 amide bonds. The summed E-state index contributed by atoms with van der Waals surface area (Å²) in [6.07, 6.45) is 3.31. The zero-order valence-electron chi connectivity index (χ0n) is 7.91. The largest absolute Gasteiger partial charge is 0.329 e. The first-order valence-electron chi connectivity index (χ1n) is 4.47. The van der Waals surface area contributed by atoms with Crippen molar-refractivity contribution in [3.8, 4) is 0 Å². The van der Waals surface area contributed by atoms with E-state index in [1.165, 1.54) is 4.90 Å². The fourth-order valence-corrected chi connectivity index (χ4v) is 2.57. The Morgan fingerprint density at radius 1 is 1.50 bits per heavy atom. The van der Waals surface area contributed by atoms with Crippen molar-refractivity contribution in [1.82, 2.24) is 10.2 Å². The molecule has 6 heteroatoms. The van der Waals surface area contributed by atoms with E-state index in [4.69, 9.17) is 0 Å². The van der Waals surface area contributed by atoms with Gasteiger partial charge in [-0.1, -0.05) is 0 Å². The normalized spacial score (nSPS) is 26.2. The summed E-state index contributed by atoms with van der Waals surface area (Å²) in [4.78, 5) is 23.6. The van der Waals surface area contributed by atoms with Crippen LogP contribution in [0.1, 0.15) is 12.8 Å². The lowest BCUT2D eigenvalue weighted by atomic mass is 10.4. The quantitative estimate of drug-likeness (QED) is 0.644. The zero-order valence-corrected chi connectivity index (χ0v) is 8.73. The Balaban J connectivity index is 2.07. The van der Waals surface area contributed by atoms with Gasteiger partial charge in [0.05, 0.1) is 11.3 Å². The molecule has 14 heavy (non-hydrogen) atoms. The number of hydrogen-bond donors (Lipinski definition) is 1. The van der Waals surface area contributed by atoms with Gasteiger partial charge in [0.15, 0.2) is 0 Å². The zero-order chi connectivity index (χ0) is 10.3. The van der Waals surface area contributed by atoms with E-state index in [1.807, 2.05) is 0 Å². The van der Waals surface area contributed by atoms with Crippen molar-refractivity contribution in [2.24, 2.45) is 0 Å². The molecule has 1 unspecified atom stereocenters. The molecule has 1 atom stereocenters. The average Bonchev–Trinajstić information content (AvgIpc) is 2.84. The van der Waals surface area contributed by atoms with Crippen LogP contribution in [0.2, 0.25) is 0 Å². The van der Waals surface area contributed by atoms with E-state index in [2.05, 4.69) is 5.32 Å². The van der Waals surface area contributed by atoms with E-state index >= 15 is 0 Å². The summed E-state index contributed by atoms with van der Waals surface area (Å²) in [5, 5.41) is 2.45. The molecule has 0 bridgehead atoms. The number of carbonyl (C=O) groups is 2. The monoisotopic (exact) mass is 216 g/mol. The fourth-order valence-electron chi connectivity index (χ4n) is 1.58. The van der Waals surface area contributed by atoms with E-state index < -0.39 is 10.8 Å². The molecule has 0 aromatic carbocycles. The van der Waals surface area contributed by atoms with Crippen LogP contribution in [0, 0.1) is 0 Å². The predicted molar refractivity (Wildman–Crippen MR) is 51.1 cm³/mol. The molecule has 1 N–H and O–H groups in total. The number of carbonyl (C=O) groups excluding carboxylic acids is 2. The minimum atomic E-state index is -0.965. The van der Waals surface area contributed by atoms with Crippen LogP contribution in [0.15, 0.2) is 0 Å². The average molecular weight is 216 g/mol. The number of rotatable bonds is 3. The second kappa shape index (κ2) is 3.05. The van der Waals surface area contributed by atoms with Gasteiger partial charge in [-0.15, -0.1) is 0 Å². The lowest BCUT2D eigenvalue weighted by Gasteiger charge is -2.18. The van der Waals surface area contributed by atoms with Gasteiger partial charge in [0.25, 0.3) is 0 Å². The summed E-state index contributed by atoms with van der Waals surface area (Å²) in [6, 6.07) is -0.355. The van der Waals surface area contributed by atoms with Crippen molar-refractivity contribution in [1.29, 1.82) is 0 Å². The SMILES string of the molecule is CS(=O)C1(CN2C(=O)CNC2=O)CC1. The molecular weight excluding hydrogens is 204 g/mol. The van der Waals surface area contributed by atoms with E-state index in [9.17, 15) is 13.8 Å². The van der Waals surface area contributed by atoms with Crippen molar-refractivity contribution in [2.45, 2.75) is 17.6 Å². The highest BCUT2D eigenvalue weighted by Crippen LogP contribution is 2.41. The van der Waals surface area contributed by atoms with Crippen molar-refractivity contribution >= 4 is 22.7 Å². The summed E-state index contributed by atoms with van der Waals surface area (Å²) in [5.41, 5.74) is 0. The second-order valence-electron chi connectivity index (χ2n) is 3.78. The van der Waals surface area contributed by atoms with Crippen molar-refractivity contribution < 1.29 is 13.8 Å². The van der Waals surface area contributed by atoms with Crippen LogP contribution in [-0.2, 0) is 15.6 Å². The molecular formula is C8H12N2O3S. The molecule has 2 rings (SSSR count). The van der Waals surface area contributed by atoms with Gasteiger partial charge in [-0.2, -0.15) is 0 Å². The highest BCUT2D eigenvalue weighted by atomic mass is 32.2. The molecule has 1 heterocycles. The third-order valence-electron chi connectivity index (χ3n) is 2.80. The molecule has 0 spiro atoms. The Morgan fingerprint density at radius 2 is 2.14 bits per heavy atom. The Hall–Kier alpha value is -0.910. The summed E-state index contributed by atoms with van der Waals surface area (Å²) >= 11 is 0.